The number of hydrogen-bond acceptors (Lipinski definition) is 8. The van der Waals surface area contributed by atoms with Gasteiger partial charge in [-0.05, 0) is 56.3 Å². The molecule has 2 unspecified atom stereocenters. The van der Waals surface area contributed by atoms with Crippen LogP contribution in [0.15, 0.2) is 42.1 Å². The van der Waals surface area contributed by atoms with E-state index >= 15 is 0 Å². The van der Waals surface area contributed by atoms with Crippen LogP contribution in [0.3, 0.4) is 0 Å². The number of allylic oxidation sites excluding steroid dienone is 3. The van der Waals surface area contributed by atoms with Gasteiger partial charge < -0.3 is 30.7 Å². The molecule has 0 aromatic heterocycles. The Morgan fingerprint density at radius 3 is 2.03 bits per heavy atom. The predicted molar refractivity (Wildman–Crippen MR) is 144 cm³/mol. The minimum atomic E-state index is -0.674. The molecule has 2 aliphatic rings. The molecule has 2 amide bonds. The van der Waals surface area contributed by atoms with Gasteiger partial charge in [0.05, 0.1) is 11.8 Å². The average molecular weight is 527 g/mol. The van der Waals surface area contributed by atoms with E-state index in [-0.39, 0.29) is 29.8 Å². The van der Waals surface area contributed by atoms with Crippen molar-refractivity contribution in [3.63, 3.8) is 0 Å². The second-order valence-electron chi connectivity index (χ2n) is 9.31. The number of anilines is 1. The highest BCUT2D eigenvalue weighted by molar-refractivity contribution is 6.18. The van der Waals surface area contributed by atoms with Gasteiger partial charge in [-0.3, -0.25) is 19.2 Å². The maximum atomic E-state index is 13.2. The van der Waals surface area contributed by atoms with Crippen LogP contribution in [0.25, 0.3) is 0 Å². The molecule has 1 aromatic rings. The number of fused-ring (bicyclic) bond motifs is 2. The minimum absolute atomic E-state index is 0.167. The highest BCUT2D eigenvalue weighted by Crippen LogP contribution is 2.36. The monoisotopic (exact) mass is 526 g/mol. The Kier molecular flexibility index (Phi) is 11.8. The zero-order chi connectivity index (χ0) is 27.3. The molecule has 0 saturated carbocycles. The van der Waals surface area contributed by atoms with E-state index in [1.54, 1.807) is 50.6 Å². The lowest BCUT2D eigenvalue weighted by Crippen LogP contribution is -2.37. The second kappa shape index (κ2) is 15.3. The molecule has 2 aliphatic carbocycles. The summed E-state index contributed by atoms with van der Waals surface area (Å²) in [6, 6.07) is 4.80. The Morgan fingerprint density at radius 1 is 0.789 bits per heavy atom. The van der Waals surface area contributed by atoms with Gasteiger partial charge in [-0.25, -0.2) is 0 Å². The zero-order valence-electron chi connectivity index (χ0n) is 22.1. The number of Topliss-reactive ketones (excluding diaryl/α,β-unsaturated/α-hetero) is 2. The lowest BCUT2D eigenvalue weighted by molar-refractivity contribution is -0.120. The number of ketones is 2. The Hall–Kier alpha value is -3.18. The quantitative estimate of drug-likeness (QED) is 0.240. The summed E-state index contributed by atoms with van der Waals surface area (Å²) in [5.41, 5.74) is 1.62. The predicted octanol–water partition coefficient (Wildman–Crippen LogP) is 1.84. The van der Waals surface area contributed by atoms with Crippen LogP contribution < -0.4 is 21.3 Å². The first-order valence-corrected chi connectivity index (χ1v) is 13.1. The van der Waals surface area contributed by atoms with Crippen LogP contribution in [-0.4, -0.2) is 77.0 Å². The van der Waals surface area contributed by atoms with Crippen molar-refractivity contribution in [2.45, 2.75) is 25.7 Å². The Morgan fingerprint density at radius 2 is 1.39 bits per heavy atom. The number of methoxy groups -OCH3 is 2. The summed E-state index contributed by atoms with van der Waals surface area (Å²) >= 11 is 0. The molecule has 38 heavy (non-hydrogen) atoms. The number of nitrogens with one attached hydrogen (secondary N) is 4. The fourth-order valence-electron chi connectivity index (χ4n) is 4.44. The zero-order valence-corrected chi connectivity index (χ0v) is 22.1. The van der Waals surface area contributed by atoms with E-state index in [2.05, 4.69) is 21.3 Å². The van der Waals surface area contributed by atoms with Crippen LogP contribution in [0.4, 0.5) is 5.69 Å². The van der Waals surface area contributed by atoms with Gasteiger partial charge in [0, 0.05) is 75.9 Å². The third-order valence-corrected chi connectivity index (χ3v) is 6.41. The highest BCUT2D eigenvalue weighted by atomic mass is 16.5. The number of ether oxygens (including phenoxy) is 2. The number of amides is 2. The summed E-state index contributed by atoms with van der Waals surface area (Å²) in [5.74, 6) is -2.02. The van der Waals surface area contributed by atoms with E-state index in [9.17, 15) is 19.2 Å². The molecule has 0 radical (unpaired) electrons. The summed E-state index contributed by atoms with van der Waals surface area (Å²) in [6.45, 7) is 3.92. The number of hydrogen-bond donors (Lipinski definition) is 4. The van der Waals surface area contributed by atoms with Gasteiger partial charge in [0.25, 0.3) is 0 Å². The third kappa shape index (κ3) is 8.42. The van der Waals surface area contributed by atoms with Gasteiger partial charge in [-0.15, -0.1) is 0 Å². The topological polar surface area (TPSA) is 135 Å². The van der Waals surface area contributed by atoms with Crippen molar-refractivity contribution in [2.24, 2.45) is 11.8 Å². The van der Waals surface area contributed by atoms with Gasteiger partial charge in [-0.1, -0.05) is 6.08 Å². The van der Waals surface area contributed by atoms with E-state index in [0.717, 1.165) is 25.9 Å². The summed E-state index contributed by atoms with van der Waals surface area (Å²) in [7, 11) is 3.30. The van der Waals surface area contributed by atoms with E-state index in [1.165, 1.54) is 0 Å². The van der Waals surface area contributed by atoms with Crippen molar-refractivity contribution < 1.29 is 28.7 Å². The fraction of sp³-hybridized carbons (Fsp3) is 0.500. The lowest BCUT2D eigenvalue weighted by atomic mass is 9.72. The number of carbonyl (C=O) groups is 4. The van der Waals surface area contributed by atoms with Gasteiger partial charge in [-0.2, -0.15) is 0 Å². The summed E-state index contributed by atoms with van der Waals surface area (Å²) in [4.78, 5) is 51.1. The standard InChI is InChI=1S/C28H38N4O6/c1-37-15-3-11-29-13-9-25(33)31-19-5-7-21-23(17-19)27(35)22-8-6-20(18-24(22)28(21)36)32-26(34)10-14-30-12-4-16-38-2/h5-8,17-18,21,23,29-30H,3-4,9-16H2,1-2H3,(H,31,33)(H,32,34). The van der Waals surface area contributed by atoms with Crippen LogP contribution in [0.1, 0.15) is 46.4 Å². The molecule has 2 atom stereocenters. The maximum Gasteiger partial charge on any atom is 0.225 e. The maximum absolute atomic E-state index is 13.2. The van der Waals surface area contributed by atoms with Gasteiger partial charge >= 0.3 is 0 Å². The van der Waals surface area contributed by atoms with Crippen LogP contribution in [0.5, 0.6) is 0 Å². The van der Waals surface area contributed by atoms with E-state index in [0.29, 0.717) is 55.2 Å². The Labute approximate surface area is 223 Å². The summed E-state index contributed by atoms with van der Waals surface area (Å²) in [5, 5.41) is 12.0. The molecule has 0 spiro atoms. The van der Waals surface area contributed by atoms with Crippen LogP contribution >= 0.6 is 0 Å². The molecule has 3 rings (SSSR count). The molecule has 0 saturated heterocycles. The number of rotatable bonds is 16. The van der Waals surface area contributed by atoms with Crippen LogP contribution in [-0.2, 0) is 19.1 Å². The third-order valence-electron chi connectivity index (χ3n) is 6.41. The molecular weight excluding hydrogens is 488 g/mol. The van der Waals surface area contributed by atoms with Crippen LogP contribution in [0.2, 0.25) is 0 Å². The molecule has 4 N–H and O–H groups in total. The first-order valence-electron chi connectivity index (χ1n) is 13.1. The van der Waals surface area contributed by atoms with E-state index in [1.807, 2.05) is 0 Å². The molecular formula is C28H38N4O6. The molecule has 0 fully saturated rings. The molecule has 0 heterocycles. The normalized spacial score (nSPS) is 18.0. The van der Waals surface area contributed by atoms with E-state index < -0.39 is 11.8 Å². The minimum Gasteiger partial charge on any atom is -0.385 e. The number of carbonyl (C=O) groups excluding carboxylic acids is 4. The molecule has 0 bridgehead atoms. The SMILES string of the molecule is COCCCNCCC(=O)NC1=CC2C(=O)c3ccc(NC(=O)CCNCCCOC)cc3C(=O)C2C=C1. The largest absolute Gasteiger partial charge is 0.385 e. The van der Waals surface area contributed by atoms with Gasteiger partial charge in [0.2, 0.25) is 11.8 Å². The molecule has 206 valence electrons. The Balaban J connectivity index is 1.54. The van der Waals surface area contributed by atoms with Crippen molar-refractivity contribution in [3.05, 3.63) is 53.3 Å². The first-order chi connectivity index (χ1) is 18.4. The lowest BCUT2D eigenvalue weighted by Gasteiger charge is -2.30. The second-order valence-corrected chi connectivity index (χ2v) is 9.31. The first kappa shape index (κ1) is 29.4. The highest BCUT2D eigenvalue weighted by Gasteiger charge is 2.40. The van der Waals surface area contributed by atoms with Gasteiger partial charge in [0.15, 0.2) is 11.6 Å². The van der Waals surface area contributed by atoms with Crippen LogP contribution in [0, 0.1) is 11.8 Å². The van der Waals surface area contributed by atoms with Crippen molar-refractivity contribution in [2.75, 3.05) is 58.9 Å². The molecule has 10 nitrogen and oxygen atoms in total. The van der Waals surface area contributed by atoms with Crippen molar-refractivity contribution >= 4 is 29.1 Å². The molecule has 1 aromatic carbocycles. The molecule has 10 heteroatoms. The van der Waals surface area contributed by atoms with Crippen molar-refractivity contribution in [3.8, 4) is 0 Å². The average Bonchev–Trinajstić information content (AvgIpc) is 2.91. The summed E-state index contributed by atoms with van der Waals surface area (Å²) in [6.07, 6.45) is 7.32. The Bertz CT molecular complexity index is 1070. The smallest absolute Gasteiger partial charge is 0.225 e. The fourth-order valence-corrected chi connectivity index (χ4v) is 4.44. The number of benzene rings is 1. The summed E-state index contributed by atoms with van der Waals surface area (Å²) < 4.78 is 9.98. The van der Waals surface area contributed by atoms with Crippen molar-refractivity contribution in [1.29, 1.82) is 0 Å². The van der Waals surface area contributed by atoms with Gasteiger partial charge in [0.1, 0.15) is 0 Å². The van der Waals surface area contributed by atoms with E-state index in [4.69, 9.17) is 9.47 Å². The van der Waals surface area contributed by atoms with Crippen molar-refractivity contribution in [1.82, 2.24) is 16.0 Å². The molecule has 0 aliphatic heterocycles.